The highest BCUT2D eigenvalue weighted by Crippen LogP contribution is 2.32. The van der Waals surface area contributed by atoms with E-state index in [4.69, 9.17) is 9.47 Å². The van der Waals surface area contributed by atoms with Gasteiger partial charge in [-0.25, -0.2) is 0 Å². The van der Waals surface area contributed by atoms with Gasteiger partial charge < -0.3 is 9.47 Å². The molecule has 0 bridgehead atoms. The van der Waals surface area contributed by atoms with Crippen molar-refractivity contribution in [1.29, 1.82) is 0 Å². The van der Waals surface area contributed by atoms with Crippen molar-refractivity contribution in [3.8, 4) is 0 Å². The van der Waals surface area contributed by atoms with Gasteiger partial charge in [0.15, 0.2) is 5.41 Å². The van der Waals surface area contributed by atoms with E-state index in [-0.39, 0.29) is 12.0 Å². The van der Waals surface area contributed by atoms with Crippen molar-refractivity contribution in [2.75, 3.05) is 6.61 Å². The highest BCUT2D eigenvalue weighted by Gasteiger charge is 2.46. The molecule has 0 spiro atoms. The van der Waals surface area contributed by atoms with Gasteiger partial charge in [0.05, 0.1) is 6.61 Å². The van der Waals surface area contributed by atoms with Crippen molar-refractivity contribution in [2.45, 2.75) is 144 Å². The quantitative estimate of drug-likeness (QED) is 0.109. The van der Waals surface area contributed by atoms with Gasteiger partial charge in [-0.1, -0.05) is 112 Å². The molecule has 0 aromatic carbocycles. The van der Waals surface area contributed by atoms with Crippen LogP contribution in [0.25, 0.3) is 0 Å². The van der Waals surface area contributed by atoms with E-state index in [0.717, 1.165) is 25.7 Å². The number of hydrogen-bond donors (Lipinski definition) is 0. The summed E-state index contributed by atoms with van der Waals surface area (Å²) in [5.74, 6) is -0.579. The van der Waals surface area contributed by atoms with Crippen molar-refractivity contribution < 1.29 is 19.1 Å². The summed E-state index contributed by atoms with van der Waals surface area (Å²) in [4.78, 5) is 25.8. The molecular formula is C27H52O4. The molecule has 0 saturated heterocycles. The van der Waals surface area contributed by atoms with Crippen molar-refractivity contribution in [1.82, 2.24) is 0 Å². The van der Waals surface area contributed by atoms with Crippen LogP contribution in [0, 0.1) is 11.3 Å². The van der Waals surface area contributed by atoms with Crippen LogP contribution in [0.1, 0.15) is 138 Å². The number of carbonyl (C=O) groups excluding carboxylic acids is 2. The maximum Gasteiger partial charge on any atom is 0.323 e. The summed E-state index contributed by atoms with van der Waals surface area (Å²) in [7, 11) is 0. The Kier molecular flexibility index (Phi) is 17.9. The van der Waals surface area contributed by atoms with Gasteiger partial charge >= 0.3 is 11.9 Å². The van der Waals surface area contributed by atoms with E-state index in [9.17, 15) is 9.59 Å². The van der Waals surface area contributed by atoms with Crippen LogP contribution in [0.5, 0.6) is 0 Å². The zero-order valence-corrected chi connectivity index (χ0v) is 21.6. The smallest absolute Gasteiger partial charge is 0.323 e. The molecule has 0 aliphatic heterocycles. The zero-order chi connectivity index (χ0) is 23.5. The number of rotatable bonds is 20. The van der Waals surface area contributed by atoms with Crippen molar-refractivity contribution in [3.05, 3.63) is 0 Å². The van der Waals surface area contributed by atoms with E-state index in [1.54, 1.807) is 0 Å². The zero-order valence-electron chi connectivity index (χ0n) is 21.6. The maximum atomic E-state index is 13.0. The lowest BCUT2D eigenvalue weighted by Crippen LogP contribution is -2.43. The first kappa shape index (κ1) is 29.9. The van der Waals surface area contributed by atoms with Crippen LogP contribution in [-0.2, 0) is 19.1 Å². The third kappa shape index (κ3) is 11.9. The Morgan fingerprint density at radius 1 is 0.677 bits per heavy atom. The summed E-state index contributed by atoms with van der Waals surface area (Å²) in [6, 6.07) is 0. The summed E-state index contributed by atoms with van der Waals surface area (Å²) in [5.41, 5.74) is -1.17. The maximum absolute atomic E-state index is 13.0. The third-order valence-corrected chi connectivity index (χ3v) is 6.54. The van der Waals surface area contributed by atoms with E-state index in [2.05, 4.69) is 27.7 Å². The Morgan fingerprint density at radius 2 is 1.16 bits per heavy atom. The Hall–Kier alpha value is -1.06. The molecule has 0 aromatic heterocycles. The van der Waals surface area contributed by atoms with Crippen molar-refractivity contribution >= 4 is 11.9 Å². The molecule has 4 heteroatoms. The Labute approximate surface area is 193 Å². The van der Waals surface area contributed by atoms with E-state index in [1.165, 1.54) is 57.8 Å². The molecule has 0 heterocycles. The highest BCUT2D eigenvalue weighted by molar-refractivity contribution is 6.00. The van der Waals surface area contributed by atoms with Crippen molar-refractivity contribution in [3.63, 3.8) is 0 Å². The first-order valence-electron chi connectivity index (χ1n) is 13.3. The summed E-state index contributed by atoms with van der Waals surface area (Å²) < 4.78 is 11.3. The van der Waals surface area contributed by atoms with E-state index >= 15 is 0 Å². The Bertz CT molecular complexity index is 454. The number of esters is 2. The fraction of sp³-hybridized carbons (Fsp3) is 0.926. The molecule has 4 nitrogen and oxygen atoms in total. The SMILES string of the molecule is CCCCCCCCCCCCCOC(=O)C(CC)(CC)C(=O)OC(CCC)C(C)C. The molecule has 0 aliphatic rings. The minimum Gasteiger partial charge on any atom is -0.465 e. The number of carbonyl (C=O) groups is 2. The molecule has 184 valence electrons. The standard InChI is InChI=1S/C27H52O4/c1-7-11-12-13-14-15-16-17-18-19-20-22-30-25(28)27(9-3,10-4)26(29)31-24(21-8-2)23(5)6/h23-24H,7-22H2,1-6H3. The fourth-order valence-electron chi connectivity index (χ4n) is 4.04. The van der Waals surface area contributed by atoms with Gasteiger partial charge in [0, 0.05) is 0 Å². The van der Waals surface area contributed by atoms with Crippen LogP contribution in [0.2, 0.25) is 0 Å². The van der Waals surface area contributed by atoms with Crippen LogP contribution in [0.3, 0.4) is 0 Å². The van der Waals surface area contributed by atoms with E-state index in [1.807, 2.05) is 13.8 Å². The molecule has 1 unspecified atom stereocenters. The lowest BCUT2D eigenvalue weighted by molar-refractivity contribution is -0.178. The fourth-order valence-corrected chi connectivity index (χ4v) is 4.04. The van der Waals surface area contributed by atoms with Gasteiger partial charge in [-0.05, 0) is 31.6 Å². The molecule has 0 amide bonds. The van der Waals surface area contributed by atoms with Gasteiger partial charge in [-0.15, -0.1) is 0 Å². The monoisotopic (exact) mass is 440 g/mol. The minimum atomic E-state index is -1.17. The van der Waals surface area contributed by atoms with Gasteiger partial charge in [0.1, 0.15) is 6.10 Å². The van der Waals surface area contributed by atoms with E-state index in [0.29, 0.717) is 19.4 Å². The molecule has 0 saturated carbocycles. The normalized spacial score (nSPS) is 12.7. The number of ether oxygens (including phenoxy) is 2. The molecule has 0 aromatic rings. The summed E-state index contributed by atoms with van der Waals surface area (Å²) in [6.07, 6.45) is 16.3. The largest absolute Gasteiger partial charge is 0.465 e. The van der Waals surface area contributed by atoms with Crippen LogP contribution in [0.15, 0.2) is 0 Å². The Morgan fingerprint density at radius 3 is 1.58 bits per heavy atom. The van der Waals surface area contributed by atoms with Gasteiger partial charge in [0.25, 0.3) is 0 Å². The van der Waals surface area contributed by atoms with Crippen LogP contribution in [-0.4, -0.2) is 24.6 Å². The molecular weight excluding hydrogens is 388 g/mol. The summed E-state index contributed by atoms with van der Waals surface area (Å²) in [5, 5.41) is 0. The third-order valence-electron chi connectivity index (χ3n) is 6.54. The van der Waals surface area contributed by atoms with Gasteiger partial charge in [-0.2, -0.15) is 0 Å². The average molecular weight is 441 g/mol. The van der Waals surface area contributed by atoms with Gasteiger partial charge in [0.2, 0.25) is 0 Å². The second-order valence-corrected chi connectivity index (χ2v) is 9.44. The Balaban J connectivity index is 4.26. The topological polar surface area (TPSA) is 52.6 Å². The predicted molar refractivity (Wildman–Crippen MR) is 130 cm³/mol. The molecule has 0 rings (SSSR count). The second kappa shape index (κ2) is 18.5. The minimum absolute atomic E-state index is 0.144. The average Bonchev–Trinajstić information content (AvgIpc) is 2.75. The molecule has 0 fully saturated rings. The molecule has 0 aliphatic carbocycles. The molecule has 1 atom stereocenters. The molecule has 0 radical (unpaired) electrons. The van der Waals surface area contributed by atoms with Crippen LogP contribution >= 0.6 is 0 Å². The van der Waals surface area contributed by atoms with Crippen LogP contribution < -0.4 is 0 Å². The molecule has 31 heavy (non-hydrogen) atoms. The van der Waals surface area contributed by atoms with E-state index < -0.39 is 17.4 Å². The predicted octanol–water partition coefficient (Wildman–Crippen LogP) is 8.01. The van der Waals surface area contributed by atoms with Gasteiger partial charge in [-0.3, -0.25) is 9.59 Å². The summed E-state index contributed by atoms with van der Waals surface area (Å²) in [6.45, 7) is 12.6. The lowest BCUT2D eigenvalue weighted by Gasteiger charge is -2.30. The first-order chi connectivity index (χ1) is 14.9. The van der Waals surface area contributed by atoms with Crippen LogP contribution in [0.4, 0.5) is 0 Å². The second-order valence-electron chi connectivity index (χ2n) is 9.44. The molecule has 0 N–H and O–H groups in total. The summed E-state index contributed by atoms with van der Waals surface area (Å²) >= 11 is 0. The first-order valence-corrected chi connectivity index (χ1v) is 13.3. The highest BCUT2D eigenvalue weighted by atomic mass is 16.6. The number of hydrogen-bond acceptors (Lipinski definition) is 4. The number of unbranched alkanes of at least 4 members (excludes halogenated alkanes) is 10. The van der Waals surface area contributed by atoms with Crippen molar-refractivity contribution in [2.24, 2.45) is 11.3 Å². The lowest BCUT2D eigenvalue weighted by atomic mass is 9.82.